The standard InChI is InChI=1S/C36H32N2O6S/c1-3-19-43-27-12-8-11-25(20-27)33(39)31-32(24-13-15-26(16-14-24)44-22-23-9-6-5-7-10-23)38(35(41)34(31)40)36-37-29-18-17-28(42-4-2)21-30(29)45-36/h5-18,20-21,32,39H,3-4,19,22H2,1-2H3. The minimum absolute atomic E-state index is 0.0279. The lowest BCUT2D eigenvalue weighted by Gasteiger charge is -2.23. The summed E-state index contributed by atoms with van der Waals surface area (Å²) in [5.74, 6) is 0.0260. The van der Waals surface area contributed by atoms with E-state index < -0.39 is 17.7 Å². The first-order valence-corrected chi connectivity index (χ1v) is 15.6. The van der Waals surface area contributed by atoms with Crippen LogP contribution in [0.5, 0.6) is 17.2 Å². The van der Waals surface area contributed by atoms with E-state index in [0.29, 0.717) is 58.8 Å². The van der Waals surface area contributed by atoms with Crippen molar-refractivity contribution >= 4 is 44.1 Å². The average molecular weight is 621 g/mol. The molecule has 0 bridgehead atoms. The highest BCUT2D eigenvalue weighted by Gasteiger charge is 2.48. The summed E-state index contributed by atoms with van der Waals surface area (Å²) in [4.78, 5) is 33.5. The van der Waals surface area contributed by atoms with Gasteiger partial charge in [0.05, 0.1) is 35.0 Å². The van der Waals surface area contributed by atoms with E-state index in [1.165, 1.54) is 16.2 Å². The Bertz CT molecular complexity index is 1870. The van der Waals surface area contributed by atoms with Crippen molar-refractivity contribution in [3.05, 3.63) is 119 Å². The van der Waals surface area contributed by atoms with Gasteiger partial charge in [-0.3, -0.25) is 14.5 Å². The molecule has 1 aliphatic rings. The van der Waals surface area contributed by atoms with E-state index in [-0.39, 0.29) is 11.3 Å². The van der Waals surface area contributed by atoms with Gasteiger partial charge in [-0.25, -0.2) is 4.98 Å². The molecule has 1 atom stereocenters. The first kappa shape index (κ1) is 29.9. The number of amides is 1. The number of Topliss-reactive ketones (excluding diaryl/α,β-unsaturated/α-hetero) is 1. The van der Waals surface area contributed by atoms with Crippen LogP contribution in [-0.2, 0) is 16.2 Å². The van der Waals surface area contributed by atoms with Gasteiger partial charge >= 0.3 is 5.91 Å². The predicted molar refractivity (Wildman–Crippen MR) is 175 cm³/mol. The van der Waals surface area contributed by atoms with Crippen LogP contribution >= 0.6 is 11.3 Å². The number of fused-ring (bicyclic) bond motifs is 1. The molecule has 1 fully saturated rings. The zero-order valence-electron chi connectivity index (χ0n) is 24.9. The van der Waals surface area contributed by atoms with Crippen molar-refractivity contribution < 1.29 is 28.9 Å². The zero-order chi connectivity index (χ0) is 31.3. The predicted octanol–water partition coefficient (Wildman–Crippen LogP) is 7.69. The van der Waals surface area contributed by atoms with Crippen LogP contribution in [0, 0.1) is 0 Å². The number of ether oxygens (including phenoxy) is 3. The third-order valence-corrected chi connectivity index (χ3v) is 8.35. The molecule has 6 rings (SSSR count). The summed E-state index contributed by atoms with van der Waals surface area (Å²) in [6.07, 6.45) is 0.820. The monoisotopic (exact) mass is 620 g/mol. The lowest BCUT2D eigenvalue weighted by atomic mass is 9.95. The van der Waals surface area contributed by atoms with E-state index in [9.17, 15) is 14.7 Å². The fourth-order valence-electron chi connectivity index (χ4n) is 5.19. The normalized spacial score (nSPS) is 15.9. The number of aromatic nitrogens is 1. The van der Waals surface area contributed by atoms with Crippen LogP contribution in [0.3, 0.4) is 0 Å². The molecule has 1 amide bonds. The molecule has 9 heteroatoms. The van der Waals surface area contributed by atoms with Gasteiger partial charge in [0, 0.05) is 5.56 Å². The highest BCUT2D eigenvalue weighted by molar-refractivity contribution is 7.22. The first-order valence-electron chi connectivity index (χ1n) is 14.8. The smallest absolute Gasteiger partial charge is 0.301 e. The number of carbonyl (C=O) groups is 2. The van der Waals surface area contributed by atoms with Crippen molar-refractivity contribution in [2.24, 2.45) is 0 Å². The molecular weight excluding hydrogens is 588 g/mol. The molecule has 1 N–H and O–H groups in total. The minimum atomic E-state index is -0.930. The van der Waals surface area contributed by atoms with Crippen LogP contribution < -0.4 is 19.1 Å². The average Bonchev–Trinajstić information content (AvgIpc) is 3.60. The highest BCUT2D eigenvalue weighted by atomic mass is 32.1. The molecule has 8 nitrogen and oxygen atoms in total. The van der Waals surface area contributed by atoms with Gasteiger partial charge in [0.15, 0.2) is 5.13 Å². The number of rotatable bonds is 11. The molecular formula is C36H32N2O6S. The quantitative estimate of drug-likeness (QED) is 0.0918. The summed E-state index contributed by atoms with van der Waals surface area (Å²) in [6.45, 7) is 5.33. The van der Waals surface area contributed by atoms with E-state index in [2.05, 4.69) is 0 Å². The molecule has 0 spiro atoms. The molecule has 1 unspecified atom stereocenters. The first-order chi connectivity index (χ1) is 22.0. The van der Waals surface area contributed by atoms with E-state index in [4.69, 9.17) is 19.2 Å². The van der Waals surface area contributed by atoms with Crippen LogP contribution in [0.4, 0.5) is 5.13 Å². The number of aliphatic hydroxyl groups is 1. The number of anilines is 1. The Kier molecular flexibility index (Phi) is 8.79. The topological polar surface area (TPSA) is 98.2 Å². The summed E-state index contributed by atoms with van der Waals surface area (Å²) in [5.41, 5.74) is 2.67. The number of nitrogens with zero attached hydrogens (tertiary/aromatic N) is 2. The largest absolute Gasteiger partial charge is 0.507 e. The number of carbonyl (C=O) groups excluding carboxylic acids is 2. The lowest BCUT2D eigenvalue weighted by molar-refractivity contribution is -0.132. The van der Waals surface area contributed by atoms with Crippen molar-refractivity contribution in [2.45, 2.75) is 32.9 Å². The molecule has 1 aliphatic heterocycles. The number of hydrogen-bond acceptors (Lipinski definition) is 8. The molecule has 228 valence electrons. The third kappa shape index (κ3) is 6.25. The number of hydrogen-bond donors (Lipinski definition) is 1. The van der Waals surface area contributed by atoms with E-state index >= 15 is 0 Å². The van der Waals surface area contributed by atoms with Crippen molar-refractivity contribution in [3.8, 4) is 17.2 Å². The lowest BCUT2D eigenvalue weighted by Crippen LogP contribution is -2.29. The van der Waals surface area contributed by atoms with Crippen LogP contribution in [0.15, 0.2) is 103 Å². The molecule has 2 heterocycles. The van der Waals surface area contributed by atoms with Gasteiger partial charge < -0.3 is 19.3 Å². The SMILES string of the molecule is CCCOc1cccc(C(O)=C2C(=O)C(=O)N(c3nc4ccc(OCC)cc4s3)C2c2ccc(OCc3ccccc3)cc2)c1. The maximum absolute atomic E-state index is 13.7. The Morgan fingerprint density at radius 2 is 1.60 bits per heavy atom. The molecule has 0 aliphatic carbocycles. The molecule has 0 radical (unpaired) electrons. The van der Waals surface area contributed by atoms with Crippen LogP contribution in [0.1, 0.15) is 43.0 Å². The highest BCUT2D eigenvalue weighted by Crippen LogP contribution is 2.45. The zero-order valence-corrected chi connectivity index (χ0v) is 25.8. The van der Waals surface area contributed by atoms with Gasteiger partial charge in [-0.1, -0.05) is 72.9 Å². The van der Waals surface area contributed by atoms with Crippen molar-refractivity contribution in [1.29, 1.82) is 0 Å². The van der Waals surface area contributed by atoms with E-state index in [0.717, 1.165) is 16.7 Å². The van der Waals surface area contributed by atoms with E-state index in [1.54, 1.807) is 48.5 Å². The number of thiazole rings is 1. The molecule has 45 heavy (non-hydrogen) atoms. The Morgan fingerprint density at radius 1 is 0.844 bits per heavy atom. The van der Waals surface area contributed by atoms with E-state index in [1.807, 2.05) is 62.4 Å². The third-order valence-electron chi connectivity index (χ3n) is 7.33. The Hall–Kier alpha value is -5.15. The number of ketones is 1. The maximum atomic E-state index is 13.7. The number of aliphatic hydroxyl groups excluding tert-OH is 1. The summed E-state index contributed by atoms with van der Waals surface area (Å²) >= 11 is 1.28. The van der Waals surface area contributed by atoms with Gasteiger partial charge in [0.1, 0.15) is 29.6 Å². The van der Waals surface area contributed by atoms with Gasteiger partial charge in [0.25, 0.3) is 5.78 Å². The van der Waals surface area contributed by atoms with Gasteiger partial charge in [0.2, 0.25) is 0 Å². The Balaban J connectivity index is 1.42. The second-order valence-electron chi connectivity index (χ2n) is 10.4. The van der Waals surface area contributed by atoms with Gasteiger partial charge in [-0.05, 0) is 66.9 Å². The molecule has 5 aromatic rings. The van der Waals surface area contributed by atoms with Gasteiger partial charge in [-0.15, -0.1) is 0 Å². The van der Waals surface area contributed by atoms with Crippen molar-refractivity contribution in [1.82, 2.24) is 4.98 Å². The van der Waals surface area contributed by atoms with Crippen LogP contribution in [0.2, 0.25) is 0 Å². The number of benzene rings is 4. The molecule has 0 saturated carbocycles. The minimum Gasteiger partial charge on any atom is -0.507 e. The van der Waals surface area contributed by atoms with Crippen LogP contribution in [0.25, 0.3) is 16.0 Å². The van der Waals surface area contributed by atoms with Crippen molar-refractivity contribution in [2.75, 3.05) is 18.1 Å². The Morgan fingerprint density at radius 3 is 2.36 bits per heavy atom. The Labute approximate surface area is 265 Å². The molecule has 1 saturated heterocycles. The summed E-state index contributed by atoms with van der Waals surface area (Å²) < 4.78 is 18.2. The summed E-state index contributed by atoms with van der Waals surface area (Å²) in [7, 11) is 0. The van der Waals surface area contributed by atoms with Crippen molar-refractivity contribution in [3.63, 3.8) is 0 Å². The summed E-state index contributed by atoms with van der Waals surface area (Å²) in [5, 5.41) is 12.0. The van der Waals surface area contributed by atoms with Gasteiger partial charge in [-0.2, -0.15) is 0 Å². The fraction of sp³-hybridized carbons (Fsp3) is 0.194. The molecule has 4 aromatic carbocycles. The fourth-order valence-corrected chi connectivity index (χ4v) is 6.21. The second-order valence-corrected chi connectivity index (χ2v) is 11.5. The molecule has 1 aromatic heterocycles. The maximum Gasteiger partial charge on any atom is 0.301 e. The van der Waals surface area contributed by atoms with Crippen LogP contribution in [-0.4, -0.2) is 35.0 Å². The summed E-state index contributed by atoms with van der Waals surface area (Å²) in [6, 6.07) is 28.5. The second kappa shape index (κ2) is 13.2.